The monoisotopic (exact) mass is 749 g/mol. The van der Waals surface area contributed by atoms with Crippen molar-refractivity contribution in [3.63, 3.8) is 0 Å². The fourth-order valence-electron chi connectivity index (χ4n) is 7.30. The first-order valence-corrected chi connectivity index (χ1v) is 18.0. The van der Waals surface area contributed by atoms with Crippen LogP contribution < -0.4 is 0 Å². The number of benzene rings is 8. The van der Waals surface area contributed by atoms with Crippen LogP contribution in [-0.4, -0.2) is 9.13 Å². The molecule has 0 unspecified atom stereocenters. The van der Waals surface area contributed by atoms with Crippen molar-refractivity contribution in [2.75, 3.05) is 0 Å². The summed E-state index contributed by atoms with van der Waals surface area (Å²) in [5.41, 5.74) is 12.3. The van der Waals surface area contributed by atoms with Gasteiger partial charge in [-0.2, -0.15) is 0 Å². The Morgan fingerprint density at radius 1 is 0.288 bits per heavy atom. The van der Waals surface area contributed by atoms with E-state index in [1.807, 2.05) is 0 Å². The van der Waals surface area contributed by atoms with E-state index in [-0.39, 0.29) is 13.5 Å². The van der Waals surface area contributed by atoms with Crippen molar-refractivity contribution in [2.45, 2.75) is 0 Å². The SMILES string of the molecule is Brc1ccc2c(c1)c1cc(-c3ccccc3)ccc1n2-c1ccccc1.[SH-].c1ccc(-c2ccc3c(c2)c2ccccc2n3-c2ccccc2)cc1. The van der Waals surface area contributed by atoms with Crippen molar-refractivity contribution in [1.82, 2.24) is 9.13 Å². The van der Waals surface area contributed by atoms with Crippen molar-refractivity contribution in [3.05, 3.63) is 205 Å². The summed E-state index contributed by atoms with van der Waals surface area (Å²) < 4.78 is 5.79. The second-order valence-electron chi connectivity index (χ2n) is 12.7. The number of fused-ring (bicyclic) bond motifs is 6. The van der Waals surface area contributed by atoms with Crippen LogP contribution in [0.1, 0.15) is 0 Å². The minimum Gasteiger partial charge on any atom is -0.813 e. The van der Waals surface area contributed by atoms with E-state index >= 15 is 0 Å². The summed E-state index contributed by atoms with van der Waals surface area (Å²) in [7, 11) is 0. The molecule has 0 aliphatic rings. The largest absolute Gasteiger partial charge is 0.813 e. The van der Waals surface area contributed by atoms with Crippen LogP contribution in [0.3, 0.4) is 0 Å². The van der Waals surface area contributed by atoms with Crippen LogP contribution in [0, 0.1) is 0 Å². The lowest BCUT2D eigenvalue weighted by molar-refractivity contribution is 1.18. The zero-order valence-corrected chi connectivity index (χ0v) is 30.8. The summed E-state index contributed by atoms with van der Waals surface area (Å²) in [6.07, 6.45) is 0. The van der Waals surface area contributed by atoms with Crippen LogP contribution >= 0.6 is 15.9 Å². The Hall–Kier alpha value is -5.81. The van der Waals surface area contributed by atoms with Crippen molar-refractivity contribution < 1.29 is 0 Å². The van der Waals surface area contributed by atoms with E-state index in [1.165, 1.54) is 77.2 Å². The molecule has 0 N–H and O–H groups in total. The molecular weight excluding hydrogens is 717 g/mol. The van der Waals surface area contributed by atoms with E-state index in [9.17, 15) is 0 Å². The Bertz CT molecular complexity index is 2790. The molecule has 2 heterocycles. The highest BCUT2D eigenvalue weighted by Gasteiger charge is 2.14. The van der Waals surface area contributed by atoms with Gasteiger partial charge in [-0.25, -0.2) is 0 Å². The Kier molecular flexibility index (Phi) is 9.25. The molecule has 0 spiro atoms. The molecule has 8 aromatic carbocycles. The Morgan fingerprint density at radius 3 is 1.15 bits per heavy atom. The first-order valence-electron chi connectivity index (χ1n) is 17.2. The van der Waals surface area contributed by atoms with Gasteiger partial charge in [-0.1, -0.05) is 143 Å². The predicted octanol–water partition coefficient (Wildman–Crippen LogP) is 13.4. The molecule has 0 amide bonds. The lowest BCUT2D eigenvalue weighted by atomic mass is 10.0. The number of rotatable bonds is 4. The maximum absolute atomic E-state index is 3.64. The van der Waals surface area contributed by atoms with E-state index in [4.69, 9.17) is 0 Å². The quantitative estimate of drug-likeness (QED) is 0.129. The van der Waals surface area contributed by atoms with E-state index < -0.39 is 0 Å². The fraction of sp³-hybridized carbons (Fsp3) is 0. The number of para-hydroxylation sites is 3. The van der Waals surface area contributed by atoms with Crippen LogP contribution in [0.5, 0.6) is 0 Å². The van der Waals surface area contributed by atoms with Crippen molar-refractivity contribution in [2.24, 2.45) is 0 Å². The minimum absolute atomic E-state index is 0. The highest BCUT2D eigenvalue weighted by Crippen LogP contribution is 2.37. The van der Waals surface area contributed by atoms with Crippen LogP contribution in [0.15, 0.2) is 205 Å². The Morgan fingerprint density at radius 2 is 0.654 bits per heavy atom. The van der Waals surface area contributed by atoms with E-state index in [2.05, 4.69) is 225 Å². The van der Waals surface area contributed by atoms with Gasteiger partial charge in [0, 0.05) is 37.4 Å². The molecule has 0 aliphatic heterocycles. The lowest BCUT2D eigenvalue weighted by Crippen LogP contribution is -1.92. The number of halogens is 1. The van der Waals surface area contributed by atoms with Gasteiger partial charge in [0.15, 0.2) is 0 Å². The maximum Gasteiger partial charge on any atom is 0.0541 e. The molecule has 0 atom stereocenters. The minimum atomic E-state index is 0. The molecule has 0 saturated carbocycles. The van der Waals surface area contributed by atoms with E-state index in [0.29, 0.717) is 0 Å². The van der Waals surface area contributed by atoms with Crippen molar-refractivity contribution in [3.8, 4) is 33.6 Å². The molecule has 250 valence electrons. The number of aromatic nitrogens is 2. The molecule has 0 saturated heterocycles. The molecule has 52 heavy (non-hydrogen) atoms. The summed E-state index contributed by atoms with van der Waals surface area (Å²) in [5, 5.41) is 5.11. The fourth-order valence-corrected chi connectivity index (χ4v) is 7.66. The molecule has 0 radical (unpaired) electrons. The molecule has 2 aromatic heterocycles. The maximum atomic E-state index is 3.64. The molecular formula is C48H34BrN2S-. The van der Waals surface area contributed by atoms with Gasteiger partial charge in [0.05, 0.1) is 22.1 Å². The van der Waals surface area contributed by atoms with Crippen LogP contribution in [0.25, 0.3) is 77.2 Å². The van der Waals surface area contributed by atoms with Gasteiger partial charge in [0.1, 0.15) is 0 Å². The summed E-state index contributed by atoms with van der Waals surface area (Å²) in [4.78, 5) is 0. The summed E-state index contributed by atoms with van der Waals surface area (Å²) in [6.45, 7) is 0. The molecule has 0 fully saturated rings. The second-order valence-corrected chi connectivity index (χ2v) is 13.6. The number of thiol groups is 1. The van der Waals surface area contributed by atoms with Gasteiger partial charge in [-0.05, 0) is 95.1 Å². The Labute approximate surface area is 318 Å². The van der Waals surface area contributed by atoms with Crippen molar-refractivity contribution >= 4 is 73.0 Å². The molecule has 10 rings (SSSR count). The van der Waals surface area contributed by atoms with Gasteiger partial charge in [-0.3, -0.25) is 0 Å². The molecule has 0 aliphatic carbocycles. The third-order valence-electron chi connectivity index (χ3n) is 9.64. The average Bonchev–Trinajstić information content (AvgIpc) is 3.71. The van der Waals surface area contributed by atoms with Gasteiger partial charge >= 0.3 is 0 Å². The van der Waals surface area contributed by atoms with Gasteiger partial charge in [0.25, 0.3) is 0 Å². The van der Waals surface area contributed by atoms with Crippen LogP contribution in [-0.2, 0) is 13.5 Å². The van der Waals surface area contributed by atoms with E-state index in [0.717, 1.165) is 4.47 Å². The third kappa shape index (κ3) is 6.11. The number of nitrogens with zero attached hydrogens (tertiary/aromatic N) is 2. The zero-order valence-electron chi connectivity index (χ0n) is 28.3. The smallest absolute Gasteiger partial charge is 0.0541 e. The molecule has 4 heteroatoms. The average molecular weight is 751 g/mol. The first kappa shape index (κ1) is 33.3. The Balaban J connectivity index is 0.000000146. The van der Waals surface area contributed by atoms with Crippen LogP contribution in [0.2, 0.25) is 0 Å². The first-order chi connectivity index (χ1) is 25.2. The summed E-state index contributed by atoms with van der Waals surface area (Å²) >= 11 is 3.64. The van der Waals surface area contributed by atoms with Gasteiger partial charge in [-0.15, -0.1) is 0 Å². The van der Waals surface area contributed by atoms with E-state index in [1.54, 1.807) is 0 Å². The van der Waals surface area contributed by atoms with Crippen molar-refractivity contribution in [1.29, 1.82) is 0 Å². The summed E-state index contributed by atoms with van der Waals surface area (Å²) in [6, 6.07) is 70.9. The molecule has 2 nitrogen and oxygen atoms in total. The zero-order chi connectivity index (χ0) is 34.1. The lowest BCUT2D eigenvalue weighted by Gasteiger charge is -2.08. The number of hydrogen-bond donors (Lipinski definition) is 0. The molecule has 10 aromatic rings. The normalized spacial score (nSPS) is 11.0. The van der Waals surface area contributed by atoms with Crippen LogP contribution in [0.4, 0.5) is 0 Å². The molecule has 0 bridgehead atoms. The predicted molar refractivity (Wildman–Crippen MR) is 229 cm³/mol. The topological polar surface area (TPSA) is 9.86 Å². The highest BCUT2D eigenvalue weighted by atomic mass is 79.9. The second kappa shape index (κ2) is 14.4. The summed E-state index contributed by atoms with van der Waals surface area (Å²) in [5.74, 6) is 0. The van der Waals surface area contributed by atoms with Gasteiger partial charge in [0.2, 0.25) is 0 Å². The standard InChI is InChI=1S/C24H16BrN.C24H17N.H2S/c25-19-12-14-24-22(16-19)21-15-18(17-7-3-1-4-8-17)11-13-23(21)26(24)20-9-5-2-6-10-20;1-3-9-18(10-4-1)19-15-16-24-22(17-19)21-13-7-8-14-23(21)25(24)20-11-5-2-6-12-20;/h1-16H;1-17H;1H2/p-1. The van der Waals surface area contributed by atoms with Gasteiger partial charge < -0.3 is 22.6 Å². The third-order valence-corrected chi connectivity index (χ3v) is 10.1. The highest BCUT2D eigenvalue weighted by molar-refractivity contribution is 9.10. The number of hydrogen-bond acceptors (Lipinski definition) is 1.